The molecule has 0 spiro atoms. The van der Waals surface area contributed by atoms with Gasteiger partial charge in [-0.2, -0.15) is 5.26 Å². The Labute approximate surface area is 217 Å². The number of hydrogen-bond donors (Lipinski definition) is 1. The number of esters is 1. The zero-order chi connectivity index (χ0) is 26.2. The number of carbonyl (C=O) groups is 1. The van der Waals surface area contributed by atoms with E-state index in [9.17, 15) is 10.1 Å². The van der Waals surface area contributed by atoms with Gasteiger partial charge in [-0.05, 0) is 54.8 Å². The number of rotatable bonds is 10. The molecule has 0 radical (unpaired) electrons. The average Bonchev–Trinajstić information content (AvgIpc) is 2.92. The van der Waals surface area contributed by atoms with Crippen LogP contribution in [-0.2, 0) is 0 Å². The molecule has 0 aromatic heterocycles. The van der Waals surface area contributed by atoms with Crippen molar-refractivity contribution < 1.29 is 23.7 Å². The Morgan fingerprint density at radius 2 is 1.70 bits per heavy atom. The van der Waals surface area contributed by atoms with Gasteiger partial charge >= 0.3 is 5.97 Å². The fraction of sp³-hybridized carbons (Fsp3) is 0.267. The van der Waals surface area contributed by atoms with E-state index in [0.717, 1.165) is 36.1 Å². The molecule has 0 bridgehead atoms. The zero-order valence-electron chi connectivity index (χ0n) is 21.0. The highest BCUT2D eigenvalue weighted by Crippen LogP contribution is 2.43. The van der Waals surface area contributed by atoms with Gasteiger partial charge in [-0.1, -0.05) is 44.5 Å². The second-order valence-corrected chi connectivity index (χ2v) is 8.66. The van der Waals surface area contributed by atoms with Crippen molar-refractivity contribution >= 4 is 5.97 Å². The summed E-state index contributed by atoms with van der Waals surface area (Å²) in [5.74, 6) is 1.19. The number of fused-ring (bicyclic) bond motifs is 1. The summed E-state index contributed by atoms with van der Waals surface area (Å²) in [6.45, 7) is 5.35. The van der Waals surface area contributed by atoms with E-state index in [1.807, 2.05) is 31.2 Å². The number of unbranched alkanes of at least 4 members (excludes halogenated alkanes) is 1. The molecular formula is C30H30N2O5. The number of nitrogens with two attached hydrogens (primary N) is 1. The molecule has 1 heterocycles. The number of benzene rings is 3. The number of nitriles is 1. The molecule has 1 aliphatic rings. The van der Waals surface area contributed by atoms with E-state index in [1.165, 1.54) is 0 Å². The van der Waals surface area contributed by atoms with E-state index < -0.39 is 11.9 Å². The molecule has 0 saturated carbocycles. The van der Waals surface area contributed by atoms with E-state index >= 15 is 0 Å². The maximum absolute atomic E-state index is 12.8. The first-order valence-electron chi connectivity index (χ1n) is 12.4. The minimum Gasteiger partial charge on any atom is -0.494 e. The van der Waals surface area contributed by atoms with Crippen molar-refractivity contribution in [2.75, 3.05) is 13.2 Å². The summed E-state index contributed by atoms with van der Waals surface area (Å²) >= 11 is 0. The third-order valence-electron chi connectivity index (χ3n) is 5.92. The maximum Gasteiger partial charge on any atom is 0.343 e. The van der Waals surface area contributed by atoms with Gasteiger partial charge in [0.2, 0.25) is 5.88 Å². The van der Waals surface area contributed by atoms with Gasteiger partial charge in [0.25, 0.3) is 0 Å². The molecule has 7 heteroatoms. The van der Waals surface area contributed by atoms with E-state index in [-0.39, 0.29) is 5.88 Å². The van der Waals surface area contributed by atoms with Crippen molar-refractivity contribution in [1.82, 2.24) is 0 Å². The number of nitrogens with zero attached hydrogens (tertiary/aromatic N) is 1. The topological polar surface area (TPSA) is 104 Å². The molecule has 3 aromatic carbocycles. The third kappa shape index (κ3) is 6.04. The summed E-state index contributed by atoms with van der Waals surface area (Å²) in [6.07, 6.45) is 2.91. The van der Waals surface area contributed by atoms with Crippen LogP contribution < -0.4 is 24.7 Å². The van der Waals surface area contributed by atoms with Crippen molar-refractivity contribution in [1.29, 1.82) is 5.26 Å². The molecule has 37 heavy (non-hydrogen) atoms. The lowest BCUT2D eigenvalue weighted by atomic mass is 9.83. The predicted molar refractivity (Wildman–Crippen MR) is 140 cm³/mol. The fourth-order valence-electron chi connectivity index (χ4n) is 4.03. The molecule has 190 valence electrons. The van der Waals surface area contributed by atoms with Crippen molar-refractivity contribution in [2.45, 2.75) is 39.0 Å². The highest BCUT2D eigenvalue weighted by atomic mass is 16.5. The standard InChI is InChI=1S/C30H30N2O5/c1-3-5-16-35-22-11-9-20(10-12-22)28-25-14-13-24(18-27(25)37-29(32)26(28)19-31)36-30(33)21-7-6-8-23(17-21)34-15-4-2/h6-14,17-18,28H,3-5,15-16,32H2,1-2H3. The van der Waals surface area contributed by atoms with Gasteiger partial charge in [-0.3, -0.25) is 0 Å². The van der Waals surface area contributed by atoms with Gasteiger partial charge in [-0.15, -0.1) is 0 Å². The smallest absolute Gasteiger partial charge is 0.343 e. The van der Waals surface area contributed by atoms with Gasteiger partial charge in [0.1, 0.15) is 34.6 Å². The minimum absolute atomic E-state index is 0.0209. The average molecular weight is 499 g/mol. The van der Waals surface area contributed by atoms with Crippen LogP contribution in [0.4, 0.5) is 0 Å². The molecule has 1 atom stereocenters. The summed E-state index contributed by atoms with van der Waals surface area (Å²) < 4.78 is 22.7. The highest BCUT2D eigenvalue weighted by Gasteiger charge is 2.31. The molecule has 0 fully saturated rings. The van der Waals surface area contributed by atoms with Crippen LogP contribution in [0.3, 0.4) is 0 Å². The number of carbonyl (C=O) groups excluding carboxylic acids is 1. The van der Waals surface area contributed by atoms with Crippen molar-refractivity contribution in [3.05, 3.63) is 94.9 Å². The van der Waals surface area contributed by atoms with Crippen LogP contribution in [0.1, 0.15) is 60.5 Å². The number of hydrogen-bond acceptors (Lipinski definition) is 7. The van der Waals surface area contributed by atoms with E-state index in [2.05, 4.69) is 13.0 Å². The van der Waals surface area contributed by atoms with Crippen molar-refractivity contribution in [3.8, 4) is 29.1 Å². The Morgan fingerprint density at radius 1 is 0.946 bits per heavy atom. The van der Waals surface area contributed by atoms with Crippen LogP contribution in [0.15, 0.2) is 78.2 Å². The number of allylic oxidation sites excluding steroid dienone is 1. The second kappa shape index (κ2) is 12.0. The number of ether oxygens (including phenoxy) is 4. The summed E-state index contributed by atoms with van der Waals surface area (Å²) in [4.78, 5) is 12.8. The van der Waals surface area contributed by atoms with Gasteiger partial charge < -0.3 is 24.7 Å². The summed E-state index contributed by atoms with van der Waals surface area (Å²) in [6, 6.07) is 21.8. The van der Waals surface area contributed by atoms with Crippen LogP contribution in [0, 0.1) is 11.3 Å². The molecule has 4 rings (SSSR count). The van der Waals surface area contributed by atoms with Crippen LogP contribution in [0.25, 0.3) is 0 Å². The first kappa shape index (κ1) is 25.6. The fourth-order valence-corrected chi connectivity index (χ4v) is 4.03. The zero-order valence-corrected chi connectivity index (χ0v) is 21.0. The van der Waals surface area contributed by atoms with Crippen LogP contribution in [0.2, 0.25) is 0 Å². The largest absolute Gasteiger partial charge is 0.494 e. The monoisotopic (exact) mass is 498 g/mol. The molecule has 1 aliphatic heterocycles. The van der Waals surface area contributed by atoms with Crippen LogP contribution >= 0.6 is 0 Å². The van der Waals surface area contributed by atoms with E-state index in [0.29, 0.717) is 41.6 Å². The maximum atomic E-state index is 12.8. The lowest BCUT2D eigenvalue weighted by Gasteiger charge is -2.26. The summed E-state index contributed by atoms with van der Waals surface area (Å²) in [7, 11) is 0. The lowest BCUT2D eigenvalue weighted by molar-refractivity contribution is 0.0734. The van der Waals surface area contributed by atoms with Gasteiger partial charge in [0.05, 0.1) is 24.7 Å². The predicted octanol–water partition coefficient (Wildman–Crippen LogP) is 6.09. The summed E-state index contributed by atoms with van der Waals surface area (Å²) in [5.41, 5.74) is 8.45. The molecule has 0 aliphatic carbocycles. The van der Waals surface area contributed by atoms with E-state index in [1.54, 1.807) is 42.5 Å². The molecule has 1 unspecified atom stereocenters. The third-order valence-corrected chi connectivity index (χ3v) is 5.92. The summed E-state index contributed by atoms with van der Waals surface area (Å²) in [5, 5.41) is 9.82. The Morgan fingerprint density at radius 3 is 2.43 bits per heavy atom. The molecule has 0 saturated heterocycles. The minimum atomic E-state index is -0.519. The Bertz CT molecular complexity index is 1320. The Kier molecular flexibility index (Phi) is 8.32. The SMILES string of the molecule is CCCCOc1ccc(C2C(C#N)=C(N)Oc3cc(OC(=O)c4cccc(OCCC)c4)ccc32)cc1. The second-order valence-electron chi connectivity index (χ2n) is 8.66. The first-order chi connectivity index (χ1) is 18.0. The molecule has 0 amide bonds. The Balaban J connectivity index is 1.56. The van der Waals surface area contributed by atoms with Crippen LogP contribution in [-0.4, -0.2) is 19.2 Å². The van der Waals surface area contributed by atoms with Crippen molar-refractivity contribution in [2.24, 2.45) is 5.73 Å². The van der Waals surface area contributed by atoms with Gasteiger partial charge in [0, 0.05) is 11.6 Å². The normalized spacial score (nSPS) is 14.2. The molecule has 2 N–H and O–H groups in total. The molecule has 3 aromatic rings. The molecular weight excluding hydrogens is 468 g/mol. The highest BCUT2D eigenvalue weighted by molar-refractivity contribution is 5.91. The molecule has 7 nitrogen and oxygen atoms in total. The first-order valence-corrected chi connectivity index (χ1v) is 12.4. The van der Waals surface area contributed by atoms with E-state index in [4.69, 9.17) is 24.7 Å². The van der Waals surface area contributed by atoms with Gasteiger partial charge in [0.15, 0.2) is 0 Å². The Hall–Kier alpha value is -4.44. The van der Waals surface area contributed by atoms with Crippen molar-refractivity contribution in [3.63, 3.8) is 0 Å². The van der Waals surface area contributed by atoms with Gasteiger partial charge in [-0.25, -0.2) is 4.79 Å². The lowest BCUT2D eigenvalue weighted by Crippen LogP contribution is -2.21. The quantitative estimate of drug-likeness (QED) is 0.205. The van der Waals surface area contributed by atoms with Crippen LogP contribution in [0.5, 0.6) is 23.0 Å².